The van der Waals surface area contributed by atoms with Crippen molar-refractivity contribution in [1.29, 1.82) is 0 Å². The third-order valence-electron chi connectivity index (χ3n) is 14.6. The molecule has 8 unspecified atom stereocenters. The van der Waals surface area contributed by atoms with Crippen LogP contribution < -0.4 is 46.5 Å². The first-order valence-electron chi connectivity index (χ1n) is 25.4. The summed E-state index contributed by atoms with van der Waals surface area (Å²) in [5.41, 5.74) is 4.86. The number of phenolic OH excluding ortho intramolecular Hbond substituents is 6. The molecule has 0 aliphatic carbocycles. The van der Waals surface area contributed by atoms with Crippen LogP contribution >= 0.6 is 23.2 Å². The smallest absolute Gasteiger partial charge is 0.359 e. The number of aromatic hydroxyl groups is 6. The third kappa shape index (κ3) is 9.86. The van der Waals surface area contributed by atoms with Gasteiger partial charge in [-0.05, 0) is 101 Å². The van der Waals surface area contributed by atoms with Crippen LogP contribution in [-0.2, 0) is 39.9 Å². The van der Waals surface area contributed by atoms with Crippen LogP contribution in [0.2, 0.25) is 10.0 Å². The second-order valence-electron chi connectivity index (χ2n) is 20.1. The number of nitrogens with one attached hydrogen (secondary N) is 5. The first-order chi connectivity index (χ1) is 40.2. The number of benzene rings is 7. The van der Waals surface area contributed by atoms with E-state index in [2.05, 4.69) is 31.6 Å². The zero-order valence-corrected chi connectivity index (χ0v) is 44.3. The Hall–Kier alpha value is -10.3. The molecular formula is C58H43Cl2N7O17. The molecule has 14 N–H and O–H groups in total. The predicted molar refractivity (Wildman–Crippen MR) is 293 cm³/mol. The molecule has 0 spiro atoms. The van der Waals surface area contributed by atoms with E-state index in [-0.39, 0.29) is 78.9 Å². The highest BCUT2D eigenvalue weighted by molar-refractivity contribution is 6.45. The molecule has 8 atom stereocenters. The van der Waals surface area contributed by atoms with Gasteiger partial charge in [0.1, 0.15) is 82.6 Å². The summed E-state index contributed by atoms with van der Waals surface area (Å²) >= 11 is 13.7. The number of nitrogens with zero attached hydrogens (tertiary/aromatic N) is 1. The number of hydrogen-bond acceptors (Lipinski definition) is 19. The number of phenols is 6. The Labute approximate surface area is 482 Å². The van der Waals surface area contributed by atoms with Crippen molar-refractivity contribution in [2.24, 2.45) is 10.7 Å². The quantitative estimate of drug-likeness (QED) is 0.0844. The fraction of sp³-hybridized carbons (Fsp3) is 0.155. The molecule has 7 heterocycles. The number of aliphatic hydroxyl groups excluding tert-OH is 1. The number of fused-ring (bicyclic) bond motifs is 16. The molecule has 5 amide bonds. The summed E-state index contributed by atoms with van der Waals surface area (Å²) in [6.07, 6.45) is -3.92. The molecule has 26 heteroatoms. The molecule has 7 aliphatic rings. The van der Waals surface area contributed by atoms with Gasteiger partial charge in [-0.3, -0.25) is 24.0 Å². The number of ether oxygens (including phenoxy) is 4. The summed E-state index contributed by atoms with van der Waals surface area (Å²) in [7, 11) is 0. The SMILES string of the molecule is NC1C(=O)NC2Cc3ccc(cc3)Oc3cc4cc(c3O)Oc3ccc(cc3Cl)C(O)C3NC(=O)C(NC(=O)C4NC(=O)C(NC2=O)c2cc(cc(O)c2Cl)Oc2cc1ccc2O)c1ccc(O)c(c1)-c1c(O)cc(O)cc1C1=NC3OC1=O. The number of amides is 5. The summed E-state index contributed by atoms with van der Waals surface area (Å²) in [6.45, 7) is 0. The van der Waals surface area contributed by atoms with Crippen LogP contribution in [0.1, 0.15) is 69.2 Å². The van der Waals surface area contributed by atoms with Gasteiger partial charge in [-0.2, -0.15) is 0 Å². The molecule has 14 rings (SSSR count). The van der Waals surface area contributed by atoms with E-state index < -0.39 is 141 Å². The average Bonchev–Trinajstić information content (AvgIpc) is 3.06. The normalized spacial score (nSPS) is 22.6. The molecule has 7 aliphatic heterocycles. The van der Waals surface area contributed by atoms with Gasteiger partial charge in [-0.15, -0.1) is 0 Å². The topological polar surface area (TPSA) is 379 Å². The third-order valence-corrected chi connectivity index (χ3v) is 15.3. The molecule has 84 heavy (non-hydrogen) atoms. The van der Waals surface area contributed by atoms with Crippen molar-refractivity contribution in [2.45, 2.75) is 55.0 Å². The van der Waals surface area contributed by atoms with E-state index in [0.29, 0.717) is 5.56 Å². The molecule has 19 bridgehead atoms. The summed E-state index contributed by atoms with van der Waals surface area (Å²) < 4.78 is 24.2. The van der Waals surface area contributed by atoms with Crippen LogP contribution in [0, 0.1) is 0 Å². The van der Waals surface area contributed by atoms with Gasteiger partial charge >= 0.3 is 5.97 Å². The first kappa shape index (κ1) is 54.3. The summed E-state index contributed by atoms with van der Waals surface area (Å²) in [4.78, 5) is 93.7. The highest BCUT2D eigenvalue weighted by Crippen LogP contribution is 2.48. The van der Waals surface area contributed by atoms with E-state index in [9.17, 15) is 50.1 Å². The largest absolute Gasteiger partial charge is 0.508 e. The van der Waals surface area contributed by atoms with E-state index >= 15 is 14.4 Å². The lowest BCUT2D eigenvalue weighted by atomic mass is 9.91. The van der Waals surface area contributed by atoms with Crippen molar-refractivity contribution < 1.29 is 83.5 Å². The molecule has 0 saturated heterocycles. The van der Waals surface area contributed by atoms with Crippen molar-refractivity contribution >= 4 is 64.4 Å². The molecule has 0 radical (unpaired) electrons. The van der Waals surface area contributed by atoms with Gasteiger partial charge in [0.05, 0.1) is 10.0 Å². The average molecular weight is 1180 g/mol. The molecule has 0 saturated carbocycles. The number of nitrogens with two attached hydrogens (primary N) is 1. The predicted octanol–water partition coefficient (Wildman–Crippen LogP) is 5.41. The van der Waals surface area contributed by atoms with Crippen LogP contribution in [0.3, 0.4) is 0 Å². The minimum Gasteiger partial charge on any atom is -0.508 e. The lowest BCUT2D eigenvalue weighted by Crippen LogP contribution is -2.54. The van der Waals surface area contributed by atoms with Crippen LogP contribution in [0.4, 0.5) is 0 Å². The van der Waals surface area contributed by atoms with Gasteiger partial charge in [-0.25, -0.2) is 9.79 Å². The summed E-state index contributed by atoms with van der Waals surface area (Å²) in [5.74, 6) is -11.9. The second kappa shape index (κ2) is 20.9. The number of aliphatic hydroxyl groups is 1. The van der Waals surface area contributed by atoms with Crippen molar-refractivity contribution in [3.8, 4) is 80.1 Å². The zero-order chi connectivity index (χ0) is 59.2. The molecule has 426 valence electrons. The Kier molecular flexibility index (Phi) is 13.5. The number of carbonyl (C=O) groups is 6. The molecule has 24 nitrogen and oxygen atoms in total. The van der Waals surface area contributed by atoms with Crippen LogP contribution in [0.25, 0.3) is 11.1 Å². The van der Waals surface area contributed by atoms with Crippen LogP contribution in [0.15, 0.2) is 120 Å². The Balaban J connectivity index is 1.08. The van der Waals surface area contributed by atoms with Crippen molar-refractivity contribution in [3.63, 3.8) is 0 Å². The van der Waals surface area contributed by atoms with Gasteiger partial charge in [0.15, 0.2) is 28.7 Å². The number of rotatable bonds is 0. The van der Waals surface area contributed by atoms with E-state index in [1.807, 2.05) is 0 Å². The number of halogens is 2. The second-order valence-corrected chi connectivity index (χ2v) is 20.8. The minimum atomic E-state index is -2.11. The first-order valence-corrected chi connectivity index (χ1v) is 26.2. The fourth-order valence-electron chi connectivity index (χ4n) is 10.4. The van der Waals surface area contributed by atoms with Crippen molar-refractivity contribution in [1.82, 2.24) is 26.6 Å². The monoisotopic (exact) mass is 1180 g/mol. The lowest BCUT2D eigenvalue weighted by Gasteiger charge is -2.31. The van der Waals surface area contributed by atoms with E-state index in [1.165, 1.54) is 72.8 Å². The van der Waals surface area contributed by atoms with E-state index in [4.69, 9.17) is 47.9 Å². The highest BCUT2D eigenvalue weighted by atomic mass is 35.5. The van der Waals surface area contributed by atoms with Gasteiger partial charge in [-0.1, -0.05) is 53.5 Å². The van der Waals surface area contributed by atoms with Gasteiger partial charge < -0.3 is 87.0 Å². The Morgan fingerprint density at radius 3 is 1.92 bits per heavy atom. The maximum absolute atomic E-state index is 15.7. The zero-order valence-electron chi connectivity index (χ0n) is 42.8. The Morgan fingerprint density at radius 1 is 0.524 bits per heavy atom. The Bertz CT molecular complexity index is 4050. The standard InChI is InChI=1S/C58H43Cl2N7O17/c59-32-13-24-5-10-38(32)83-41-16-25-15-40(51(41)74)81-27-6-1-21(2-7-27)11-33-52(75)65-47(31-19-28(20-37(72)43(31)60)82-39-14-22(3-9-35(39)70)44(61)53(76)62-33)56(79)64-46(25)55(78)63-45-23-4-8-34(69)29(12-23)42-30(17-26(68)18-36(42)71)48-58(80)84-57(67-48)49(50(24)73)66-54(45)77/h1-10,12-20,33,44-47,49-50,57,68-74H,11,61H2,(H,62,76)(H,63,78)(H,64,79)(H,65,75)(H,66,77). The minimum absolute atomic E-state index is 0.0128. The summed E-state index contributed by atoms with van der Waals surface area (Å²) in [6, 6.07) is 12.6. The molecular weight excluding hydrogens is 1140 g/mol. The van der Waals surface area contributed by atoms with Crippen molar-refractivity contribution in [2.75, 3.05) is 0 Å². The number of esters is 1. The molecule has 0 fully saturated rings. The highest BCUT2D eigenvalue weighted by Gasteiger charge is 2.44. The lowest BCUT2D eigenvalue weighted by molar-refractivity contribution is -0.142. The number of carbonyl (C=O) groups excluding carboxylic acids is 6. The van der Waals surface area contributed by atoms with Crippen LogP contribution in [0.5, 0.6) is 69.0 Å². The molecule has 7 aromatic carbocycles. The van der Waals surface area contributed by atoms with E-state index in [1.54, 1.807) is 0 Å². The molecule has 7 aromatic rings. The number of aliphatic imine (C=N–C) groups is 1. The van der Waals surface area contributed by atoms with Crippen LogP contribution in [-0.4, -0.2) is 95.3 Å². The number of hydrogen-bond donors (Lipinski definition) is 13. The Morgan fingerprint density at radius 2 is 1.17 bits per heavy atom. The maximum atomic E-state index is 15.7. The van der Waals surface area contributed by atoms with Gasteiger partial charge in [0.25, 0.3) is 0 Å². The maximum Gasteiger partial charge on any atom is 0.359 e. The van der Waals surface area contributed by atoms with Crippen molar-refractivity contribution in [3.05, 3.63) is 164 Å². The van der Waals surface area contributed by atoms with Gasteiger partial charge in [0, 0.05) is 40.8 Å². The van der Waals surface area contributed by atoms with Gasteiger partial charge in [0.2, 0.25) is 41.5 Å². The molecule has 0 aromatic heterocycles. The van der Waals surface area contributed by atoms with E-state index in [0.717, 1.165) is 42.5 Å². The fourth-order valence-corrected chi connectivity index (χ4v) is 10.8. The summed E-state index contributed by atoms with van der Waals surface area (Å²) in [5, 5.41) is 92.6.